The first kappa shape index (κ1) is 16.8. The quantitative estimate of drug-likeness (QED) is 0.509. The molecule has 2 N–H and O–H groups in total. The highest BCUT2D eigenvalue weighted by Crippen LogP contribution is 2.39. The molecule has 0 amide bonds. The van der Waals surface area contributed by atoms with E-state index in [1.54, 1.807) is 0 Å². The molecule has 2 aromatic carbocycles. The monoisotopic (exact) mass is 370 g/mol. The first-order chi connectivity index (χ1) is 13.8. The maximum Gasteiger partial charge on any atom is 0.156 e. The normalized spacial score (nSPS) is 14.6. The van der Waals surface area contributed by atoms with Crippen molar-refractivity contribution in [2.75, 3.05) is 5.73 Å². The average molecular weight is 370 g/mol. The Morgan fingerprint density at radius 3 is 2.39 bits per heavy atom. The number of anilines is 1. The van der Waals surface area contributed by atoms with Crippen LogP contribution in [0.5, 0.6) is 11.5 Å². The van der Waals surface area contributed by atoms with Crippen LogP contribution in [0.1, 0.15) is 31.7 Å². The van der Waals surface area contributed by atoms with Crippen LogP contribution in [-0.4, -0.2) is 14.8 Å². The molecule has 140 valence electrons. The summed E-state index contributed by atoms with van der Waals surface area (Å²) < 4.78 is 8.26. The van der Waals surface area contributed by atoms with Crippen molar-refractivity contribution < 1.29 is 4.74 Å². The minimum atomic E-state index is 0.480. The molecule has 0 bridgehead atoms. The summed E-state index contributed by atoms with van der Waals surface area (Å²) in [5, 5.41) is 9.18. The van der Waals surface area contributed by atoms with E-state index in [0.29, 0.717) is 11.9 Å². The zero-order chi connectivity index (χ0) is 18.9. The van der Waals surface area contributed by atoms with Gasteiger partial charge in [-0.3, -0.25) is 0 Å². The molecule has 0 aliphatic heterocycles. The largest absolute Gasteiger partial charge is 0.457 e. The molecule has 4 aromatic rings. The van der Waals surface area contributed by atoms with Crippen LogP contribution in [0.3, 0.4) is 0 Å². The number of ether oxygens (including phenoxy) is 1. The molecule has 0 radical (unpaired) electrons. The molecule has 2 aromatic heterocycles. The van der Waals surface area contributed by atoms with E-state index in [4.69, 9.17) is 10.5 Å². The van der Waals surface area contributed by atoms with Gasteiger partial charge in [0, 0.05) is 17.8 Å². The molecule has 1 fully saturated rings. The van der Waals surface area contributed by atoms with E-state index in [0.717, 1.165) is 33.5 Å². The van der Waals surface area contributed by atoms with Crippen molar-refractivity contribution in [1.82, 2.24) is 14.8 Å². The predicted octanol–water partition coefficient (Wildman–Crippen LogP) is 5.59. The van der Waals surface area contributed by atoms with Crippen molar-refractivity contribution in [3.05, 3.63) is 67.0 Å². The SMILES string of the molecule is Nc1nncc2c1c(-c1ccc(Oc3ccccc3)cc1)cn2C1CCCC1. The smallest absolute Gasteiger partial charge is 0.156 e. The lowest BCUT2D eigenvalue weighted by molar-refractivity contribution is 0.483. The molecule has 0 spiro atoms. The number of fused-ring (bicyclic) bond motifs is 1. The van der Waals surface area contributed by atoms with Gasteiger partial charge in [-0.25, -0.2) is 0 Å². The number of aromatic nitrogens is 3. The number of para-hydroxylation sites is 1. The van der Waals surface area contributed by atoms with E-state index in [1.807, 2.05) is 48.7 Å². The maximum atomic E-state index is 6.23. The number of rotatable bonds is 4. The van der Waals surface area contributed by atoms with E-state index in [2.05, 4.69) is 33.1 Å². The number of nitrogens with zero attached hydrogens (tertiary/aromatic N) is 3. The lowest BCUT2D eigenvalue weighted by Crippen LogP contribution is -2.03. The van der Waals surface area contributed by atoms with E-state index in [-0.39, 0.29) is 0 Å². The minimum absolute atomic E-state index is 0.480. The first-order valence-corrected chi connectivity index (χ1v) is 9.74. The maximum absolute atomic E-state index is 6.23. The summed E-state index contributed by atoms with van der Waals surface area (Å²) in [7, 11) is 0. The second-order valence-corrected chi connectivity index (χ2v) is 7.32. The van der Waals surface area contributed by atoms with Crippen molar-refractivity contribution >= 4 is 16.7 Å². The highest BCUT2D eigenvalue weighted by Gasteiger charge is 2.22. The first-order valence-electron chi connectivity index (χ1n) is 9.74. The van der Waals surface area contributed by atoms with Crippen LogP contribution >= 0.6 is 0 Å². The molecule has 0 atom stereocenters. The molecule has 5 rings (SSSR count). The summed E-state index contributed by atoms with van der Waals surface area (Å²) in [4.78, 5) is 0. The molecule has 2 heterocycles. The fourth-order valence-corrected chi connectivity index (χ4v) is 4.17. The van der Waals surface area contributed by atoms with E-state index in [9.17, 15) is 0 Å². The highest BCUT2D eigenvalue weighted by atomic mass is 16.5. The summed E-state index contributed by atoms with van der Waals surface area (Å²) in [6.07, 6.45) is 9.01. The van der Waals surface area contributed by atoms with Crippen LogP contribution < -0.4 is 10.5 Å². The molecule has 1 aliphatic carbocycles. The highest BCUT2D eigenvalue weighted by molar-refractivity contribution is 6.02. The fourth-order valence-electron chi connectivity index (χ4n) is 4.17. The topological polar surface area (TPSA) is 66.0 Å². The van der Waals surface area contributed by atoms with Gasteiger partial charge < -0.3 is 15.0 Å². The number of hydrogen-bond donors (Lipinski definition) is 1. The number of benzene rings is 2. The van der Waals surface area contributed by atoms with Crippen molar-refractivity contribution in [3.8, 4) is 22.6 Å². The van der Waals surface area contributed by atoms with Crippen LogP contribution in [0.15, 0.2) is 67.0 Å². The molecule has 5 heteroatoms. The second-order valence-electron chi connectivity index (χ2n) is 7.32. The Morgan fingerprint density at radius 1 is 0.929 bits per heavy atom. The predicted molar refractivity (Wildman–Crippen MR) is 111 cm³/mol. The Kier molecular flexibility index (Phi) is 4.20. The molecule has 1 aliphatic rings. The van der Waals surface area contributed by atoms with Crippen LogP contribution in [0, 0.1) is 0 Å². The third-order valence-corrected chi connectivity index (χ3v) is 5.54. The lowest BCUT2D eigenvalue weighted by atomic mass is 10.1. The van der Waals surface area contributed by atoms with Gasteiger partial charge in [-0.1, -0.05) is 43.2 Å². The molecular weight excluding hydrogens is 348 g/mol. The fraction of sp³-hybridized carbons (Fsp3) is 0.217. The summed E-state index contributed by atoms with van der Waals surface area (Å²) in [5.74, 6) is 2.11. The van der Waals surface area contributed by atoms with Crippen LogP contribution in [0.4, 0.5) is 5.82 Å². The van der Waals surface area contributed by atoms with Crippen LogP contribution in [-0.2, 0) is 0 Å². The Morgan fingerprint density at radius 2 is 1.64 bits per heavy atom. The third kappa shape index (κ3) is 2.99. The van der Waals surface area contributed by atoms with Crippen molar-refractivity contribution in [2.24, 2.45) is 0 Å². The van der Waals surface area contributed by atoms with Gasteiger partial charge in [-0.05, 0) is 42.7 Å². The van der Waals surface area contributed by atoms with Crippen molar-refractivity contribution in [3.63, 3.8) is 0 Å². The van der Waals surface area contributed by atoms with Gasteiger partial charge in [0.05, 0.1) is 17.1 Å². The van der Waals surface area contributed by atoms with Gasteiger partial charge in [0.15, 0.2) is 5.82 Å². The lowest BCUT2D eigenvalue weighted by Gasteiger charge is -2.12. The third-order valence-electron chi connectivity index (χ3n) is 5.54. The van der Waals surface area contributed by atoms with Crippen molar-refractivity contribution in [1.29, 1.82) is 0 Å². The van der Waals surface area contributed by atoms with Gasteiger partial charge in [-0.2, -0.15) is 5.10 Å². The summed E-state index contributed by atoms with van der Waals surface area (Å²) in [5.41, 5.74) is 9.49. The molecule has 28 heavy (non-hydrogen) atoms. The van der Waals surface area contributed by atoms with Gasteiger partial charge in [0.1, 0.15) is 11.5 Å². The zero-order valence-corrected chi connectivity index (χ0v) is 15.6. The van der Waals surface area contributed by atoms with E-state index < -0.39 is 0 Å². The Balaban J connectivity index is 1.53. The standard InChI is InChI=1S/C23H22N4O/c24-23-22-20(15-27(17-6-4-5-7-17)21(22)14-25-26-23)16-10-12-19(13-11-16)28-18-8-2-1-3-9-18/h1-3,8-15,17H,4-7H2,(H2,24,26). The Hall–Kier alpha value is -3.34. The van der Waals surface area contributed by atoms with Gasteiger partial charge in [0.2, 0.25) is 0 Å². The van der Waals surface area contributed by atoms with E-state index >= 15 is 0 Å². The Bertz CT molecular complexity index is 1100. The number of hydrogen-bond acceptors (Lipinski definition) is 4. The molecular formula is C23H22N4O. The van der Waals surface area contributed by atoms with E-state index in [1.165, 1.54) is 25.7 Å². The van der Waals surface area contributed by atoms with Gasteiger partial charge in [0.25, 0.3) is 0 Å². The summed E-state index contributed by atoms with van der Waals surface area (Å²) in [6, 6.07) is 18.4. The zero-order valence-electron chi connectivity index (χ0n) is 15.6. The van der Waals surface area contributed by atoms with Crippen molar-refractivity contribution in [2.45, 2.75) is 31.7 Å². The van der Waals surface area contributed by atoms with Gasteiger partial charge in [-0.15, -0.1) is 5.10 Å². The second kappa shape index (κ2) is 7.00. The van der Waals surface area contributed by atoms with Crippen LogP contribution in [0.25, 0.3) is 22.0 Å². The number of nitrogen functional groups attached to an aromatic ring is 1. The average Bonchev–Trinajstić information content (AvgIpc) is 3.38. The molecule has 0 unspecified atom stereocenters. The molecule has 0 saturated heterocycles. The molecule has 5 nitrogen and oxygen atoms in total. The van der Waals surface area contributed by atoms with Gasteiger partial charge >= 0.3 is 0 Å². The molecule has 1 saturated carbocycles. The Labute approximate surface area is 163 Å². The summed E-state index contributed by atoms with van der Waals surface area (Å²) in [6.45, 7) is 0. The minimum Gasteiger partial charge on any atom is -0.457 e. The van der Waals surface area contributed by atoms with Crippen LogP contribution in [0.2, 0.25) is 0 Å². The number of nitrogens with two attached hydrogens (primary N) is 1. The summed E-state index contributed by atoms with van der Waals surface area (Å²) >= 11 is 0.